The van der Waals surface area contributed by atoms with E-state index in [2.05, 4.69) is 38.2 Å². The van der Waals surface area contributed by atoms with Crippen LogP contribution in [0.3, 0.4) is 0 Å². The molecule has 0 radical (unpaired) electrons. The largest absolute Gasteiger partial charge is 0.480 e. The van der Waals surface area contributed by atoms with Crippen LogP contribution in [0.1, 0.15) is 72.4 Å². The molecule has 3 aliphatic carbocycles. The fourth-order valence-corrected chi connectivity index (χ4v) is 4.98. The Bertz CT molecular complexity index is 680. The Kier molecular flexibility index (Phi) is 9.73. The molecule has 0 unspecified atom stereocenters. The van der Waals surface area contributed by atoms with E-state index in [-0.39, 0.29) is 38.4 Å². The van der Waals surface area contributed by atoms with Gasteiger partial charge >= 0.3 is 5.97 Å². The fraction of sp³-hybridized carbons (Fsp3) is 0.708. The summed E-state index contributed by atoms with van der Waals surface area (Å²) in [4.78, 5) is 10.2. The predicted molar refractivity (Wildman–Crippen MR) is 116 cm³/mol. The number of fused-ring (bicyclic) bond motifs is 2. The van der Waals surface area contributed by atoms with Gasteiger partial charge in [-0.15, -0.1) is 5.56 Å². The van der Waals surface area contributed by atoms with E-state index >= 15 is 0 Å². The van der Waals surface area contributed by atoms with Crippen LogP contribution in [0.25, 0.3) is 0 Å². The molecule has 6 heteroatoms. The van der Waals surface area contributed by atoms with Gasteiger partial charge in [-0.05, 0) is 49.9 Å². The van der Waals surface area contributed by atoms with Gasteiger partial charge in [0, 0.05) is 32.5 Å². The van der Waals surface area contributed by atoms with Crippen LogP contribution in [0.15, 0.2) is 24.3 Å². The topological polar surface area (TPSA) is 95.6 Å². The summed E-state index contributed by atoms with van der Waals surface area (Å²) in [5.41, 5.74) is 6.12. The van der Waals surface area contributed by atoms with Gasteiger partial charge in [0.05, 0.1) is 5.60 Å². The van der Waals surface area contributed by atoms with Crippen molar-refractivity contribution in [1.29, 1.82) is 0 Å². The van der Waals surface area contributed by atoms with Crippen LogP contribution in [0.5, 0.6) is 0 Å². The van der Waals surface area contributed by atoms with Crippen LogP contribution < -0.4 is 11.1 Å². The van der Waals surface area contributed by atoms with Gasteiger partial charge in [0.1, 0.15) is 6.04 Å². The first-order valence-corrected chi connectivity index (χ1v) is 10.9. The van der Waals surface area contributed by atoms with E-state index in [0.717, 1.165) is 18.8 Å². The minimum Gasteiger partial charge on any atom is -0.480 e. The Labute approximate surface area is 195 Å². The molecule has 0 spiro atoms. The van der Waals surface area contributed by atoms with Crippen LogP contribution in [-0.4, -0.2) is 33.9 Å². The maximum atomic E-state index is 11.0. The Morgan fingerprint density at radius 3 is 2.33 bits per heavy atom. The number of aliphatic hydroxyl groups is 1. The summed E-state index contributed by atoms with van der Waals surface area (Å²) < 4.78 is 0. The standard InChI is InChI=1S/C18H26NO.C6H13NO2.Pd/c1-12(13-8-6-5-7-9-13)19-16-11-14-10-15(17(14,2)3)18(16,4)20;1-3-4(2)5(7)6(8)9;/h5-8,12,14-16,19-20H,10-11H2,1-4H3;4-5H,3,7H2,1-2H3,(H,8,9);/q-1;;/t12-,14+,15+,16+,18+;4-,5-;/m00./s1. The number of carboxylic acids is 1. The van der Waals surface area contributed by atoms with Gasteiger partial charge in [0.25, 0.3) is 0 Å². The first-order chi connectivity index (χ1) is 13.4. The van der Waals surface area contributed by atoms with Crippen molar-refractivity contribution in [2.24, 2.45) is 28.9 Å². The van der Waals surface area contributed by atoms with E-state index in [1.54, 1.807) is 0 Å². The molecular formula is C24H39N2O3Pd-. The average Bonchev–Trinajstić information content (AvgIpc) is 2.68. The third kappa shape index (κ3) is 5.72. The summed E-state index contributed by atoms with van der Waals surface area (Å²) in [6.07, 6.45) is 3.07. The van der Waals surface area contributed by atoms with Gasteiger partial charge in [0.15, 0.2) is 0 Å². The molecule has 5 N–H and O–H groups in total. The molecule has 0 aliphatic heterocycles. The summed E-state index contributed by atoms with van der Waals surface area (Å²) in [5.74, 6) is 0.322. The van der Waals surface area contributed by atoms with E-state index in [9.17, 15) is 9.90 Å². The van der Waals surface area contributed by atoms with E-state index in [1.165, 1.54) is 12.0 Å². The molecule has 0 heterocycles. The maximum Gasteiger partial charge on any atom is 0.320 e. The van der Waals surface area contributed by atoms with Gasteiger partial charge in [-0.3, -0.25) is 4.79 Å². The van der Waals surface area contributed by atoms with Crippen molar-refractivity contribution < 1.29 is 35.4 Å². The van der Waals surface area contributed by atoms with Crippen LogP contribution in [0.2, 0.25) is 0 Å². The monoisotopic (exact) mass is 509 g/mol. The van der Waals surface area contributed by atoms with Crippen molar-refractivity contribution in [2.45, 2.75) is 84.5 Å². The smallest absolute Gasteiger partial charge is 0.320 e. The first kappa shape index (κ1) is 27.3. The summed E-state index contributed by atoms with van der Waals surface area (Å²) in [7, 11) is 0. The minimum atomic E-state index is -0.913. The van der Waals surface area contributed by atoms with Crippen LogP contribution in [0, 0.1) is 29.2 Å². The quantitative estimate of drug-likeness (QED) is 0.346. The van der Waals surface area contributed by atoms with E-state index < -0.39 is 17.6 Å². The van der Waals surface area contributed by atoms with Crippen LogP contribution >= 0.6 is 0 Å². The fourth-order valence-electron chi connectivity index (χ4n) is 4.98. The van der Waals surface area contributed by atoms with Crippen LogP contribution in [0.4, 0.5) is 0 Å². The normalized spacial score (nSPS) is 31.7. The third-order valence-electron chi connectivity index (χ3n) is 7.59. The molecule has 0 aromatic heterocycles. The number of benzene rings is 1. The minimum absolute atomic E-state index is 0. The number of hydrogen-bond acceptors (Lipinski definition) is 4. The molecule has 3 saturated carbocycles. The molecule has 3 fully saturated rings. The van der Waals surface area contributed by atoms with Crippen molar-refractivity contribution in [1.82, 2.24) is 5.32 Å². The number of carboxylic acid groups (broad SMARTS) is 1. The zero-order valence-corrected chi connectivity index (χ0v) is 20.6. The zero-order valence-electron chi connectivity index (χ0n) is 19.1. The molecule has 4 rings (SSSR count). The molecule has 174 valence electrons. The van der Waals surface area contributed by atoms with Gasteiger partial charge in [-0.2, -0.15) is 30.3 Å². The number of hydrogen-bond donors (Lipinski definition) is 4. The first-order valence-electron chi connectivity index (χ1n) is 10.9. The molecule has 1 aromatic carbocycles. The Morgan fingerprint density at radius 2 is 1.93 bits per heavy atom. The molecule has 1 aromatic rings. The Balaban J connectivity index is 0.000000387. The van der Waals surface area contributed by atoms with E-state index in [0.29, 0.717) is 11.3 Å². The number of nitrogens with one attached hydrogen (secondary N) is 1. The van der Waals surface area contributed by atoms with Crippen molar-refractivity contribution in [3.05, 3.63) is 35.9 Å². The second-order valence-corrected chi connectivity index (χ2v) is 9.78. The Hall–Kier alpha value is -0.768. The molecule has 2 bridgehead atoms. The zero-order chi connectivity index (χ0) is 22.0. The average molecular weight is 510 g/mol. The van der Waals surface area contributed by atoms with Crippen LogP contribution in [-0.2, 0) is 25.2 Å². The van der Waals surface area contributed by atoms with Crippen molar-refractivity contribution in [3.8, 4) is 0 Å². The van der Waals surface area contributed by atoms with Gasteiger partial charge in [0.2, 0.25) is 0 Å². The van der Waals surface area contributed by atoms with E-state index in [4.69, 9.17) is 10.8 Å². The van der Waals surface area contributed by atoms with Crippen molar-refractivity contribution >= 4 is 5.97 Å². The van der Waals surface area contributed by atoms with Crippen molar-refractivity contribution in [3.63, 3.8) is 0 Å². The number of rotatable bonds is 6. The summed E-state index contributed by atoms with van der Waals surface area (Å²) >= 11 is 0. The molecule has 30 heavy (non-hydrogen) atoms. The predicted octanol–water partition coefficient (Wildman–Crippen LogP) is 3.76. The molecule has 7 atom stereocenters. The molecule has 3 aliphatic rings. The van der Waals surface area contributed by atoms with Crippen molar-refractivity contribution in [2.75, 3.05) is 0 Å². The summed E-state index contributed by atoms with van der Waals surface area (Å²) in [5, 5.41) is 23.0. The second kappa shape index (κ2) is 10.7. The third-order valence-corrected chi connectivity index (χ3v) is 7.59. The molecular weight excluding hydrogens is 471 g/mol. The molecule has 0 saturated heterocycles. The maximum absolute atomic E-state index is 11.0. The second-order valence-electron chi connectivity index (χ2n) is 9.78. The van der Waals surface area contributed by atoms with E-state index in [1.807, 2.05) is 39.0 Å². The molecule has 5 nitrogen and oxygen atoms in total. The van der Waals surface area contributed by atoms with Gasteiger partial charge in [-0.25, -0.2) is 0 Å². The summed E-state index contributed by atoms with van der Waals surface area (Å²) in [6, 6.07) is 11.1. The number of aliphatic carboxylic acids is 1. The summed E-state index contributed by atoms with van der Waals surface area (Å²) in [6.45, 7) is 12.6. The van der Waals surface area contributed by atoms with Gasteiger partial charge in [-0.1, -0.05) is 34.1 Å². The van der Waals surface area contributed by atoms with Gasteiger partial charge < -0.3 is 21.3 Å². The number of carbonyl (C=O) groups is 1. The molecule has 0 amide bonds. The SMILES string of the molecule is CC[C@H](C)[C@H](N)C(=O)O.C[C@H](N[C@@H]1C[C@H]2C[C@H](C2(C)C)[C@@]1(C)O)c1[c-]cccc1.[Pd]. The Morgan fingerprint density at radius 1 is 1.30 bits per heavy atom. The number of nitrogens with two attached hydrogens (primary N) is 1.